The molecular weight excluding hydrogens is 350 g/mol. The van der Waals surface area contributed by atoms with Crippen LogP contribution >= 0.6 is 11.3 Å². The van der Waals surface area contributed by atoms with E-state index in [1.165, 1.54) is 0 Å². The fourth-order valence-corrected chi connectivity index (χ4v) is 4.27. The molecule has 1 amide bonds. The average Bonchev–Trinajstić information content (AvgIpc) is 3.37. The van der Waals surface area contributed by atoms with Crippen molar-refractivity contribution >= 4 is 33.3 Å². The molecule has 1 aliphatic heterocycles. The van der Waals surface area contributed by atoms with Crippen molar-refractivity contribution in [2.24, 2.45) is 7.05 Å². The standard InChI is InChI=1S/C18H21N5O2S/c1-22-17(25-2)14-6-5-12(10-15(14)21-22)16(24)20-11-13-4-3-8-23(13)18-19-7-9-26-18/h5-7,9-10,13H,3-4,8,11H2,1-2H3,(H,20,24). The molecule has 0 radical (unpaired) electrons. The first-order valence-corrected chi connectivity index (χ1v) is 9.50. The van der Waals surface area contributed by atoms with Crippen molar-refractivity contribution in [1.82, 2.24) is 20.1 Å². The maximum absolute atomic E-state index is 12.6. The molecule has 26 heavy (non-hydrogen) atoms. The van der Waals surface area contributed by atoms with Crippen LogP contribution in [-0.4, -0.2) is 46.9 Å². The number of fused-ring (bicyclic) bond motifs is 1. The topological polar surface area (TPSA) is 72.3 Å². The summed E-state index contributed by atoms with van der Waals surface area (Å²) in [5.41, 5.74) is 1.36. The van der Waals surface area contributed by atoms with Gasteiger partial charge in [0.1, 0.15) is 0 Å². The van der Waals surface area contributed by atoms with Gasteiger partial charge in [0.05, 0.1) is 18.0 Å². The molecule has 0 aliphatic carbocycles. The van der Waals surface area contributed by atoms with Gasteiger partial charge in [0, 0.05) is 43.3 Å². The van der Waals surface area contributed by atoms with Crippen LogP contribution in [0.4, 0.5) is 5.13 Å². The molecule has 1 unspecified atom stereocenters. The number of hydrogen-bond donors (Lipinski definition) is 1. The molecule has 3 aromatic rings. The van der Waals surface area contributed by atoms with Gasteiger partial charge in [-0.2, -0.15) is 5.10 Å². The number of thiazole rings is 1. The number of methoxy groups -OCH3 is 1. The van der Waals surface area contributed by atoms with Gasteiger partial charge in [-0.15, -0.1) is 11.3 Å². The zero-order chi connectivity index (χ0) is 18.1. The molecule has 1 atom stereocenters. The van der Waals surface area contributed by atoms with Crippen molar-refractivity contribution in [1.29, 1.82) is 0 Å². The van der Waals surface area contributed by atoms with Crippen LogP contribution in [0, 0.1) is 0 Å². The van der Waals surface area contributed by atoms with Crippen LogP contribution in [0.3, 0.4) is 0 Å². The number of aryl methyl sites for hydroxylation is 1. The van der Waals surface area contributed by atoms with E-state index in [1.54, 1.807) is 29.2 Å². The second-order valence-corrected chi connectivity index (χ2v) is 7.25. The summed E-state index contributed by atoms with van der Waals surface area (Å²) in [4.78, 5) is 19.3. The summed E-state index contributed by atoms with van der Waals surface area (Å²) in [7, 11) is 3.44. The lowest BCUT2D eigenvalue weighted by atomic mass is 10.1. The molecule has 4 rings (SSSR count). The predicted molar refractivity (Wildman–Crippen MR) is 102 cm³/mol. The highest BCUT2D eigenvalue weighted by Crippen LogP contribution is 2.27. The minimum atomic E-state index is -0.0810. The maximum Gasteiger partial charge on any atom is 0.251 e. The molecule has 1 N–H and O–H groups in total. The Hall–Kier alpha value is -2.61. The molecule has 8 heteroatoms. The SMILES string of the molecule is COc1c2ccc(C(=O)NCC3CCCN3c3nccs3)cc2nn1C. The first kappa shape index (κ1) is 16.8. The highest BCUT2D eigenvalue weighted by atomic mass is 32.1. The van der Waals surface area contributed by atoms with Gasteiger partial charge in [-0.3, -0.25) is 4.79 Å². The first-order valence-electron chi connectivity index (χ1n) is 8.62. The second kappa shape index (κ2) is 6.95. The summed E-state index contributed by atoms with van der Waals surface area (Å²) in [6, 6.07) is 5.80. The number of nitrogens with zero attached hydrogens (tertiary/aromatic N) is 4. The summed E-state index contributed by atoms with van der Waals surface area (Å²) in [5.74, 6) is 0.611. The summed E-state index contributed by atoms with van der Waals surface area (Å²) >= 11 is 1.64. The van der Waals surface area contributed by atoms with E-state index < -0.39 is 0 Å². The second-order valence-electron chi connectivity index (χ2n) is 6.38. The highest BCUT2D eigenvalue weighted by Gasteiger charge is 2.26. The molecular formula is C18H21N5O2S. The fourth-order valence-electron chi connectivity index (χ4n) is 3.53. The highest BCUT2D eigenvalue weighted by molar-refractivity contribution is 7.13. The van der Waals surface area contributed by atoms with E-state index in [9.17, 15) is 4.79 Å². The van der Waals surface area contributed by atoms with E-state index in [0.717, 1.165) is 35.4 Å². The molecule has 1 aromatic carbocycles. The van der Waals surface area contributed by atoms with Crippen molar-refractivity contribution in [3.05, 3.63) is 35.3 Å². The third kappa shape index (κ3) is 3.01. The number of hydrogen-bond acceptors (Lipinski definition) is 6. The van der Waals surface area contributed by atoms with Crippen LogP contribution in [0.2, 0.25) is 0 Å². The van der Waals surface area contributed by atoms with Crippen LogP contribution in [0.25, 0.3) is 10.9 Å². The Kier molecular flexibility index (Phi) is 4.50. The van der Waals surface area contributed by atoms with Crippen LogP contribution in [0.1, 0.15) is 23.2 Å². The number of carbonyl (C=O) groups excluding carboxylic acids is 1. The van der Waals surface area contributed by atoms with Crippen molar-refractivity contribution in [2.75, 3.05) is 25.1 Å². The molecule has 0 saturated carbocycles. The lowest BCUT2D eigenvalue weighted by Gasteiger charge is -2.24. The Morgan fingerprint density at radius 1 is 1.46 bits per heavy atom. The van der Waals surface area contributed by atoms with Gasteiger partial charge in [0.2, 0.25) is 5.88 Å². The minimum absolute atomic E-state index is 0.0810. The van der Waals surface area contributed by atoms with Crippen LogP contribution in [0.15, 0.2) is 29.8 Å². The summed E-state index contributed by atoms with van der Waals surface area (Å²) < 4.78 is 7.03. The van der Waals surface area contributed by atoms with Crippen molar-refractivity contribution in [2.45, 2.75) is 18.9 Å². The van der Waals surface area contributed by atoms with E-state index in [4.69, 9.17) is 4.74 Å². The first-order chi connectivity index (χ1) is 12.7. The smallest absolute Gasteiger partial charge is 0.251 e. The molecule has 7 nitrogen and oxygen atoms in total. The number of benzene rings is 1. The van der Waals surface area contributed by atoms with Gasteiger partial charge < -0.3 is 15.0 Å². The lowest BCUT2D eigenvalue weighted by molar-refractivity contribution is 0.0951. The Balaban J connectivity index is 1.46. The zero-order valence-electron chi connectivity index (χ0n) is 14.8. The van der Waals surface area contributed by atoms with Crippen molar-refractivity contribution in [3.63, 3.8) is 0 Å². The van der Waals surface area contributed by atoms with Crippen LogP contribution in [-0.2, 0) is 7.05 Å². The van der Waals surface area contributed by atoms with Crippen LogP contribution in [0.5, 0.6) is 5.88 Å². The number of ether oxygens (including phenoxy) is 1. The lowest BCUT2D eigenvalue weighted by Crippen LogP contribution is -2.40. The fraction of sp³-hybridized carbons (Fsp3) is 0.389. The molecule has 3 heterocycles. The van der Waals surface area contributed by atoms with Crippen molar-refractivity contribution in [3.8, 4) is 5.88 Å². The molecule has 0 spiro atoms. The van der Waals surface area contributed by atoms with Gasteiger partial charge >= 0.3 is 0 Å². The molecule has 1 fully saturated rings. The van der Waals surface area contributed by atoms with Crippen molar-refractivity contribution < 1.29 is 9.53 Å². The van der Waals surface area contributed by atoms with E-state index in [-0.39, 0.29) is 5.91 Å². The van der Waals surface area contributed by atoms with Crippen LogP contribution < -0.4 is 15.0 Å². The van der Waals surface area contributed by atoms with E-state index in [2.05, 4.69) is 20.3 Å². The Labute approximate surface area is 155 Å². The number of carbonyl (C=O) groups is 1. The monoisotopic (exact) mass is 371 g/mol. The number of anilines is 1. The predicted octanol–water partition coefficient (Wildman–Crippen LogP) is 2.44. The summed E-state index contributed by atoms with van der Waals surface area (Å²) in [6.45, 7) is 1.61. The molecule has 2 aromatic heterocycles. The maximum atomic E-state index is 12.6. The number of rotatable bonds is 5. The van der Waals surface area contributed by atoms with E-state index >= 15 is 0 Å². The van der Waals surface area contributed by atoms with Gasteiger partial charge in [-0.05, 0) is 31.0 Å². The van der Waals surface area contributed by atoms with Gasteiger partial charge in [0.25, 0.3) is 5.91 Å². The van der Waals surface area contributed by atoms with E-state index in [0.29, 0.717) is 24.0 Å². The Bertz CT molecular complexity index is 921. The minimum Gasteiger partial charge on any atom is -0.481 e. The molecule has 0 bridgehead atoms. The van der Waals surface area contributed by atoms with E-state index in [1.807, 2.05) is 30.8 Å². The summed E-state index contributed by atoms with van der Waals surface area (Å²) in [6.07, 6.45) is 4.01. The Morgan fingerprint density at radius 2 is 2.35 bits per heavy atom. The van der Waals surface area contributed by atoms with Gasteiger partial charge in [-0.25, -0.2) is 9.67 Å². The third-order valence-corrected chi connectivity index (χ3v) is 5.58. The third-order valence-electron chi connectivity index (χ3n) is 4.78. The summed E-state index contributed by atoms with van der Waals surface area (Å²) in [5, 5.41) is 11.4. The average molecular weight is 371 g/mol. The molecule has 136 valence electrons. The zero-order valence-corrected chi connectivity index (χ0v) is 15.6. The quantitative estimate of drug-likeness (QED) is 0.746. The number of aromatic nitrogens is 3. The number of nitrogens with one attached hydrogen (secondary N) is 1. The number of amides is 1. The van der Waals surface area contributed by atoms with Gasteiger partial charge in [0.15, 0.2) is 5.13 Å². The molecule has 1 saturated heterocycles. The van der Waals surface area contributed by atoms with Gasteiger partial charge in [-0.1, -0.05) is 0 Å². The molecule has 1 aliphatic rings. The largest absolute Gasteiger partial charge is 0.481 e. The Morgan fingerprint density at radius 3 is 3.12 bits per heavy atom. The normalized spacial score (nSPS) is 17.0.